The molecule has 2 fully saturated rings. The second kappa shape index (κ2) is 9.89. The molecule has 0 amide bonds. The van der Waals surface area contributed by atoms with Crippen molar-refractivity contribution in [3.8, 4) is 0 Å². The highest BCUT2D eigenvalue weighted by atomic mass is 35.5. The summed E-state index contributed by atoms with van der Waals surface area (Å²) in [4.78, 5) is 2.24. The van der Waals surface area contributed by atoms with Crippen molar-refractivity contribution in [1.29, 1.82) is 0 Å². The average Bonchev–Trinajstić information content (AvgIpc) is 3.04. The van der Waals surface area contributed by atoms with Gasteiger partial charge in [-0.3, -0.25) is 4.90 Å². The summed E-state index contributed by atoms with van der Waals surface area (Å²) in [6, 6.07) is 6.34. The zero-order valence-corrected chi connectivity index (χ0v) is 18.6. The third-order valence-corrected chi connectivity index (χ3v) is 8.82. The minimum Gasteiger partial charge on any atom is -0.379 e. The quantitative estimate of drug-likeness (QED) is 0.586. The van der Waals surface area contributed by atoms with Gasteiger partial charge in [-0.25, -0.2) is 16.8 Å². The highest BCUT2D eigenvalue weighted by Crippen LogP contribution is 2.23. The van der Waals surface area contributed by atoms with Crippen molar-refractivity contribution in [2.45, 2.75) is 18.9 Å². The second-order valence-electron chi connectivity index (χ2n) is 7.37. The molecule has 1 aromatic carbocycles. The van der Waals surface area contributed by atoms with Crippen LogP contribution in [-0.4, -0.2) is 83.0 Å². The van der Waals surface area contributed by atoms with Crippen LogP contribution in [0.3, 0.4) is 0 Å². The van der Waals surface area contributed by atoms with E-state index in [2.05, 4.69) is 4.90 Å². The van der Waals surface area contributed by atoms with Crippen molar-refractivity contribution in [1.82, 2.24) is 9.21 Å². The largest absolute Gasteiger partial charge is 0.379 e. The average molecular weight is 463 g/mol. The zero-order chi connectivity index (χ0) is 20.9. The standard InChI is InChI=1S/C19H27ClN2O5S2/c20-18-4-2-17(3-5-18)6-15-29(25,26)22(19-7-14-28(23,24)16-19)9-1-8-21-10-12-27-13-11-21/h2-6,15,19H,1,7-14,16H2/b15-6+. The fraction of sp³-hybridized carbons (Fsp3) is 0.579. The molecule has 29 heavy (non-hydrogen) atoms. The van der Waals surface area contributed by atoms with Crippen molar-refractivity contribution in [2.24, 2.45) is 0 Å². The molecule has 1 unspecified atom stereocenters. The Labute approximate surface area is 178 Å². The molecule has 1 aromatic rings. The molecule has 0 aromatic heterocycles. The summed E-state index contributed by atoms with van der Waals surface area (Å²) in [7, 11) is -6.95. The van der Waals surface area contributed by atoms with Gasteiger partial charge >= 0.3 is 0 Å². The van der Waals surface area contributed by atoms with E-state index in [0.29, 0.717) is 43.2 Å². The molecule has 162 valence electrons. The van der Waals surface area contributed by atoms with E-state index in [-0.39, 0.29) is 11.5 Å². The molecule has 7 nitrogen and oxygen atoms in total. The summed E-state index contributed by atoms with van der Waals surface area (Å²) in [5.74, 6) is -0.0768. The van der Waals surface area contributed by atoms with E-state index < -0.39 is 25.9 Å². The van der Waals surface area contributed by atoms with Gasteiger partial charge in [0.05, 0.1) is 24.7 Å². The van der Waals surface area contributed by atoms with Crippen LogP contribution in [0, 0.1) is 0 Å². The molecule has 3 rings (SSSR count). The van der Waals surface area contributed by atoms with Crippen LogP contribution in [0.5, 0.6) is 0 Å². The molecule has 2 heterocycles. The van der Waals surface area contributed by atoms with Crippen LogP contribution < -0.4 is 0 Å². The number of halogens is 1. The van der Waals surface area contributed by atoms with E-state index in [9.17, 15) is 16.8 Å². The Hall–Kier alpha value is -0.970. The normalized spacial score (nSPS) is 23.2. The van der Waals surface area contributed by atoms with E-state index in [1.807, 2.05) is 0 Å². The summed E-state index contributed by atoms with van der Waals surface area (Å²) in [5.41, 5.74) is 0.713. The molecule has 0 aliphatic carbocycles. The van der Waals surface area contributed by atoms with Crippen LogP contribution in [0.2, 0.25) is 5.02 Å². The minimum atomic E-state index is -3.76. The minimum absolute atomic E-state index is 0.0358. The maximum absolute atomic E-state index is 13.0. The Morgan fingerprint density at radius 1 is 1.21 bits per heavy atom. The number of morpholine rings is 1. The van der Waals surface area contributed by atoms with Gasteiger partial charge in [-0.2, -0.15) is 4.31 Å². The summed E-state index contributed by atoms with van der Waals surface area (Å²) in [6.07, 6.45) is 2.50. The first-order valence-electron chi connectivity index (χ1n) is 9.71. The first-order valence-corrected chi connectivity index (χ1v) is 13.4. The van der Waals surface area contributed by atoms with E-state index in [1.165, 1.54) is 10.4 Å². The molecule has 0 radical (unpaired) electrons. The molecule has 10 heteroatoms. The third kappa shape index (κ3) is 6.77. The molecule has 1 atom stereocenters. The van der Waals surface area contributed by atoms with Crippen LogP contribution in [0.25, 0.3) is 6.08 Å². The summed E-state index contributed by atoms with van der Waals surface area (Å²) >= 11 is 5.87. The predicted octanol–water partition coefficient (Wildman–Crippen LogP) is 1.85. The Bertz CT molecular complexity index is 910. The smallest absolute Gasteiger partial charge is 0.236 e. The maximum atomic E-state index is 13.0. The highest BCUT2D eigenvalue weighted by molar-refractivity contribution is 7.93. The number of rotatable bonds is 8. The van der Waals surface area contributed by atoms with Crippen LogP contribution >= 0.6 is 11.6 Å². The Morgan fingerprint density at radius 3 is 2.52 bits per heavy atom. The lowest BCUT2D eigenvalue weighted by Crippen LogP contribution is -2.43. The number of nitrogens with zero attached hydrogens (tertiary/aromatic N) is 2. The van der Waals surface area contributed by atoms with Gasteiger partial charge in [0.2, 0.25) is 10.0 Å². The molecular formula is C19H27ClN2O5S2. The van der Waals surface area contributed by atoms with Crippen molar-refractivity contribution in [3.05, 3.63) is 40.3 Å². The monoisotopic (exact) mass is 462 g/mol. The lowest BCUT2D eigenvalue weighted by molar-refractivity contribution is 0.0367. The highest BCUT2D eigenvalue weighted by Gasteiger charge is 2.37. The van der Waals surface area contributed by atoms with Crippen molar-refractivity contribution in [3.63, 3.8) is 0 Å². The first-order chi connectivity index (χ1) is 13.8. The van der Waals surface area contributed by atoms with Gasteiger partial charge in [0.25, 0.3) is 0 Å². The SMILES string of the molecule is O=S1(=O)CCC(N(CCCN2CCOCC2)S(=O)(=O)/C=C/c2ccc(Cl)cc2)C1. The molecule has 2 aliphatic heterocycles. The lowest BCUT2D eigenvalue weighted by Gasteiger charge is -2.29. The number of hydrogen-bond donors (Lipinski definition) is 0. The number of ether oxygens (including phenoxy) is 1. The third-order valence-electron chi connectivity index (χ3n) is 5.20. The molecular weight excluding hydrogens is 436 g/mol. The summed E-state index contributed by atoms with van der Waals surface area (Å²) < 4.78 is 56.6. The molecule has 0 spiro atoms. The van der Waals surface area contributed by atoms with Gasteiger partial charge in [-0.1, -0.05) is 23.7 Å². The number of hydrogen-bond acceptors (Lipinski definition) is 6. The Kier molecular flexibility index (Phi) is 7.75. The van der Waals surface area contributed by atoms with Crippen LogP contribution in [0.15, 0.2) is 29.7 Å². The molecule has 2 aliphatic rings. The van der Waals surface area contributed by atoms with Gasteiger partial charge in [-0.05, 0) is 43.2 Å². The van der Waals surface area contributed by atoms with Crippen LogP contribution in [0.4, 0.5) is 0 Å². The topological polar surface area (TPSA) is 84.0 Å². The van der Waals surface area contributed by atoms with Gasteiger partial charge in [-0.15, -0.1) is 0 Å². The van der Waals surface area contributed by atoms with Crippen LogP contribution in [-0.2, 0) is 24.6 Å². The van der Waals surface area contributed by atoms with Gasteiger partial charge in [0.1, 0.15) is 0 Å². The molecule has 0 N–H and O–H groups in total. The number of sulfonamides is 1. The van der Waals surface area contributed by atoms with E-state index in [0.717, 1.165) is 25.0 Å². The van der Waals surface area contributed by atoms with Gasteiger partial charge in [0, 0.05) is 36.1 Å². The van der Waals surface area contributed by atoms with Crippen LogP contribution in [0.1, 0.15) is 18.4 Å². The predicted molar refractivity (Wildman–Crippen MR) is 115 cm³/mol. The lowest BCUT2D eigenvalue weighted by atomic mass is 10.2. The number of benzene rings is 1. The first kappa shape index (κ1) is 22.7. The summed E-state index contributed by atoms with van der Waals surface area (Å²) in [6.45, 7) is 4.10. The Morgan fingerprint density at radius 2 is 1.90 bits per heavy atom. The fourth-order valence-electron chi connectivity index (χ4n) is 3.61. The van der Waals surface area contributed by atoms with E-state index in [1.54, 1.807) is 24.3 Å². The van der Waals surface area contributed by atoms with E-state index in [4.69, 9.17) is 16.3 Å². The maximum Gasteiger partial charge on any atom is 0.236 e. The molecule has 0 bridgehead atoms. The fourth-order valence-corrected chi connectivity index (χ4v) is 7.03. The van der Waals surface area contributed by atoms with E-state index >= 15 is 0 Å². The molecule has 0 saturated carbocycles. The van der Waals surface area contributed by atoms with Gasteiger partial charge < -0.3 is 4.74 Å². The van der Waals surface area contributed by atoms with Crippen molar-refractivity contribution in [2.75, 3.05) is 50.9 Å². The van der Waals surface area contributed by atoms with Crippen molar-refractivity contribution < 1.29 is 21.6 Å². The second-order valence-corrected chi connectivity index (χ2v) is 11.8. The zero-order valence-electron chi connectivity index (χ0n) is 16.2. The van der Waals surface area contributed by atoms with Gasteiger partial charge in [0.15, 0.2) is 9.84 Å². The summed E-state index contributed by atoms with van der Waals surface area (Å²) in [5, 5.41) is 1.74. The number of sulfone groups is 1. The Balaban J connectivity index is 1.70. The van der Waals surface area contributed by atoms with Crippen molar-refractivity contribution >= 4 is 37.5 Å². The molecule has 2 saturated heterocycles.